The van der Waals surface area contributed by atoms with Crippen LogP contribution in [0.5, 0.6) is 0 Å². The Bertz CT molecular complexity index is 145. The van der Waals surface area contributed by atoms with Gasteiger partial charge in [0.15, 0.2) is 5.82 Å². The summed E-state index contributed by atoms with van der Waals surface area (Å²) in [5.74, 6) is 1.36. The van der Waals surface area contributed by atoms with Crippen LogP contribution < -0.4 is 0 Å². The summed E-state index contributed by atoms with van der Waals surface area (Å²) in [4.78, 5) is 3.72. The van der Waals surface area contributed by atoms with E-state index in [2.05, 4.69) is 14.7 Å². The van der Waals surface area contributed by atoms with Crippen molar-refractivity contribution in [2.24, 2.45) is 0 Å². The van der Waals surface area contributed by atoms with Gasteiger partial charge in [-0.15, -0.1) is 0 Å². The maximum atomic E-state index is 4.51. The maximum Gasteiger partial charge on any atom is 0.238 e. The zero-order valence-corrected chi connectivity index (χ0v) is 2.88. The van der Waals surface area contributed by atoms with Crippen molar-refractivity contribution in [1.29, 1.82) is 0 Å². The van der Waals surface area contributed by atoms with E-state index >= 15 is 0 Å². The monoisotopic (exact) mass is 81.0 g/mol. The Morgan fingerprint density at radius 3 is 2.67 bits per heavy atom. The molecule has 0 spiro atoms. The summed E-state index contributed by atoms with van der Waals surface area (Å²) in [5.41, 5.74) is 0. The van der Waals surface area contributed by atoms with Crippen molar-refractivity contribution in [3.05, 3.63) is 18.1 Å². The van der Waals surface area contributed by atoms with Crippen LogP contribution in [-0.2, 0) is 0 Å². The molecule has 0 fully saturated rings. The van der Waals surface area contributed by atoms with Crippen molar-refractivity contribution in [3.63, 3.8) is 0 Å². The first kappa shape index (κ1) is 2.34. The first-order valence-corrected chi connectivity index (χ1v) is 1.63. The average Bonchev–Trinajstić information content (AvgIpc) is 1.72. The Kier molecular flexibility index (Phi) is 0.190. The number of aromatic nitrogens is 2. The number of hydrogen-bond donors (Lipinski definition) is 0. The highest BCUT2D eigenvalue weighted by Gasteiger charge is 2.18. The van der Waals surface area contributed by atoms with Crippen molar-refractivity contribution >= 4 is 0 Å². The molecule has 2 aliphatic rings. The molecular weight excluding hydrogens is 80.0 g/mol. The van der Waals surface area contributed by atoms with Crippen molar-refractivity contribution in [2.75, 3.05) is 0 Å². The minimum atomic E-state index is 0.644. The van der Waals surface area contributed by atoms with Gasteiger partial charge >= 0.3 is 0 Å². The van der Waals surface area contributed by atoms with Crippen LogP contribution in [0.1, 0.15) is 11.7 Å². The molecule has 2 aliphatic heterocycles. The van der Waals surface area contributed by atoms with Gasteiger partial charge in [0.2, 0.25) is 5.89 Å². The summed E-state index contributed by atoms with van der Waals surface area (Å²) in [6.45, 7) is 0. The average molecular weight is 81.1 g/mol. The molecule has 0 amide bonds. The first-order valence-electron chi connectivity index (χ1n) is 1.63. The lowest BCUT2D eigenvalue weighted by Crippen LogP contribution is -1.94. The lowest BCUT2D eigenvalue weighted by Gasteiger charge is -1.86. The van der Waals surface area contributed by atoms with E-state index in [0.717, 1.165) is 0 Å². The van der Waals surface area contributed by atoms with Gasteiger partial charge in [0.25, 0.3) is 0 Å². The molecule has 0 N–H and O–H groups in total. The van der Waals surface area contributed by atoms with Crippen LogP contribution in [-0.4, -0.2) is 10.1 Å². The van der Waals surface area contributed by atoms with E-state index < -0.39 is 0 Å². The molecule has 0 saturated carbocycles. The molecule has 3 heterocycles. The van der Waals surface area contributed by atoms with Gasteiger partial charge in [0.05, 0.1) is 0 Å². The van der Waals surface area contributed by atoms with Crippen molar-refractivity contribution in [3.8, 4) is 0 Å². The lowest BCUT2D eigenvalue weighted by molar-refractivity contribution is 0.417. The molecule has 1 radical (unpaired) electrons. The van der Waals surface area contributed by atoms with Crippen LogP contribution in [0.3, 0.4) is 0 Å². The van der Waals surface area contributed by atoms with Crippen LogP contribution in [0.25, 0.3) is 0 Å². The minimum Gasteiger partial charge on any atom is -0.338 e. The highest BCUT2D eigenvalue weighted by atomic mass is 16.5. The van der Waals surface area contributed by atoms with E-state index in [-0.39, 0.29) is 0 Å². The summed E-state index contributed by atoms with van der Waals surface area (Å²) in [6, 6.07) is 0. The van der Waals surface area contributed by atoms with Gasteiger partial charge in [0.1, 0.15) is 6.42 Å². The Balaban J connectivity index is 2.95. The summed E-state index contributed by atoms with van der Waals surface area (Å²) in [7, 11) is 0. The fraction of sp³-hybridized carbons (Fsp3) is 0. The molecule has 3 rings (SSSR count). The quantitative estimate of drug-likeness (QED) is 0.447. The lowest BCUT2D eigenvalue weighted by atomic mass is 10.3. The second-order valence-electron chi connectivity index (χ2n) is 1.14. The molecule has 0 aliphatic carbocycles. The number of nitrogens with zero attached hydrogens (tertiary/aromatic N) is 2. The third-order valence-corrected chi connectivity index (χ3v) is 0.710. The van der Waals surface area contributed by atoms with Crippen molar-refractivity contribution in [1.82, 2.24) is 10.1 Å². The van der Waals surface area contributed by atoms with Crippen molar-refractivity contribution < 1.29 is 4.52 Å². The summed E-state index contributed by atoms with van der Waals surface area (Å²) in [6.07, 6.45) is 1.78. The summed E-state index contributed by atoms with van der Waals surface area (Å²) >= 11 is 0. The van der Waals surface area contributed by atoms with Crippen LogP contribution in [0, 0.1) is 6.42 Å². The molecule has 0 unspecified atom stereocenters. The normalized spacial score (nSPS) is 14.0. The fourth-order valence-corrected chi connectivity index (χ4v) is 0.409. The van der Waals surface area contributed by atoms with E-state index in [1.165, 1.54) is 0 Å². The zero-order valence-electron chi connectivity index (χ0n) is 2.88. The third-order valence-electron chi connectivity index (χ3n) is 0.710. The van der Waals surface area contributed by atoms with E-state index in [1.54, 1.807) is 6.42 Å². The third kappa shape index (κ3) is 0.0976. The largest absolute Gasteiger partial charge is 0.338 e. The molecule has 2 bridgehead atoms. The molecule has 0 aromatic carbocycles. The minimum absolute atomic E-state index is 0.644. The Morgan fingerprint density at radius 1 is 1.67 bits per heavy atom. The number of hydrogen-bond acceptors (Lipinski definition) is 3. The van der Waals surface area contributed by atoms with Gasteiger partial charge in [-0.3, -0.25) is 0 Å². The molecule has 29 valence electrons. The van der Waals surface area contributed by atoms with Crippen LogP contribution >= 0.6 is 0 Å². The van der Waals surface area contributed by atoms with Gasteiger partial charge in [-0.05, 0) is 0 Å². The molecule has 1 aromatic rings. The van der Waals surface area contributed by atoms with E-state index in [0.29, 0.717) is 11.7 Å². The highest BCUT2D eigenvalue weighted by Crippen LogP contribution is 2.14. The maximum absolute atomic E-state index is 4.51. The predicted octanol–water partition coefficient (Wildman–Crippen LogP) is -0.0163. The van der Waals surface area contributed by atoms with E-state index in [1.807, 2.05) is 0 Å². The second-order valence-corrected chi connectivity index (χ2v) is 1.14. The van der Waals surface area contributed by atoms with E-state index in [4.69, 9.17) is 0 Å². The topological polar surface area (TPSA) is 38.9 Å². The van der Waals surface area contributed by atoms with Crippen LogP contribution in [0.2, 0.25) is 0 Å². The number of rotatable bonds is 0. The fourth-order valence-electron chi connectivity index (χ4n) is 0.409. The molecule has 6 heavy (non-hydrogen) atoms. The Hall–Kier alpha value is -0.860. The van der Waals surface area contributed by atoms with Crippen LogP contribution in [0.15, 0.2) is 4.52 Å². The van der Waals surface area contributed by atoms with Gasteiger partial charge < -0.3 is 4.52 Å². The zero-order chi connectivity index (χ0) is 3.98. The number of fused-ring (bicyclic) bond motifs is 1. The first-order chi connectivity index (χ1) is 2.95. The van der Waals surface area contributed by atoms with Crippen molar-refractivity contribution in [2.45, 2.75) is 0 Å². The molecule has 0 atom stereocenters. The Labute approximate surface area is 34.0 Å². The second kappa shape index (κ2) is 0.489. The van der Waals surface area contributed by atoms with Crippen LogP contribution in [0.4, 0.5) is 0 Å². The van der Waals surface area contributed by atoms with E-state index in [9.17, 15) is 0 Å². The summed E-state index contributed by atoms with van der Waals surface area (Å²) < 4.78 is 4.51. The molecule has 3 heteroatoms. The predicted molar refractivity (Wildman–Crippen MR) is 16.8 cm³/mol. The molecule has 0 saturated heterocycles. The van der Waals surface area contributed by atoms with Gasteiger partial charge in [-0.1, -0.05) is 5.16 Å². The molecule has 1 aromatic heterocycles. The Morgan fingerprint density at radius 2 is 2.50 bits per heavy atom. The van der Waals surface area contributed by atoms with Gasteiger partial charge in [-0.25, -0.2) is 0 Å². The molecule has 3 nitrogen and oxygen atoms in total. The smallest absolute Gasteiger partial charge is 0.238 e. The van der Waals surface area contributed by atoms with Gasteiger partial charge in [-0.2, -0.15) is 4.98 Å². The SMILES string of the molecule is [CH]1c2noc1n2. The van der Waals surface area contributed by atoms with Gasteiger partial charge in [0, 0.05) is 0 Å². The standard InChI is InChI=1S/C3HN2O/c1-2-4-3(1)6-5-2/h1H. The molecular formula is C3HN2O. The summed E-state index contributed by atoms with van der Waals surface area (Å²) in [5, 5.41) is 3.47. The highest BCUT2D eigenvalue weighted by molar-refractivity contribution is 5.22.